The molecule has 5 rings (SSSR count). The lowest BCUT2D eigenvalue weighted by Gasteiger charge is -2.37. The van der Waals surface area contributed by atoms with Gasteiger partial charge in [0.05, 0.1) is 17.4 Å². The number of nitrogens with zero attached hydrogens (tertiary/aromatic N) is 1. The average molecular weight is 647 g/mol. The molecule has 0 aromatic heterocycles. The number of nitrogens with one attached hydrogen (secondary N) is 1. The number of alkyl halides is 3. The largest absolute Gasteiger partial charge is 0.507 e. The van der Waals surface area contributed by atoms with Gasteiger partial charge in [-0.15, -0.1) is 0 Å². The van der Waals surface area contributed by atoms with Gasteiger partial charge in [-0.3, -0.25) is 14.5 Å². The smallest absolute Gasteiger partial charge is 0.471 e. The SMILES string of the molecule is CC(C)(C)c1ccc(C2CC(=O)C3=C(C2)Nc2ccccc2N(C(=O)C(F)(F)F)C3c2cc(C(C)(C)C)c(O)c(C(C)(C)C)c2)cc1. The number of fused-ring (bicyclic) bond motifs is 1. The molecule has 8 heteroatoms. The van der Waals surface area contributed by atoms with E-state index in [9.17, 15) is 27.9 Å². The number of phenols is 1. The van der Waals surface area contributed by atoms with Crippen molar-refractivity contribution in [1.29, 1.82) is 0 Å². The molecule has 3 aromatic rings. The Labute approximate surface area is 275 Å². The van der Waals surface area contributed by atoms with E-state index in [0.717, 1.165) is 16.0 Å². The summed E-state index contributed by atoms with van der Waals surface area (Å²) in [5.74, 6) is -2.56. The van der Waals surface area contributed by atoms with Gasteiger partial charge in [-0.05, 0) is 80.7 Å². The second-order valence-electron chi connectivity index (χ2n) is 16.0. The molecular formula is C39H45F3N2O3. The number of amides is 1. The molecule has 250 valence electrons. The Hall–Kier alpha value is -4.07. The normalized spacial score (nSPS) is 19.1. The Kier molecular flexibility index (Phi) is 8.43. The molecule has 2 aliphatic rings. The maximum Gasteiger partial charge on any atom is 0.471 e. The summed E-state index contributed by atoms with van der Waals surface area (Å²) >= 11 is 0. The summed E-state index contributed by atoms with van der Waals surface area (Å²) in [5.41, 5.74) is 3.20. The van der Waals surface area contributed by atoms with Crippen molar-refractivity contribution in [2.75, 3.05) is 10.2 Å². The number of anilines is 2. The minimum absolute atomic E-state index is 0.0239. The highest BCUT2D eigenvalue weighted by Crippen LogP contribution is 2.50. The lowest BCUT2D eigenvalue weighted by molar-refractivity contribution is -0.170. The first-order valence-corrected chi connectivity index (χ1v) is 16.1. The van der Waals surface area contributed by atoms with Crippen molar-refractivity contribution in [2.24, 2.45) is 0 Å². The molecule has 0 saturated heterocycles. The van der Waals surface area contributed by atoms with Crippen LogP contribution in [0.3, 0.4) is 0 Å². The molecule has 0 fully saturated rings. The molecule has 0 spiro atoms. The highest BCUT2D eigenvalue weighted by molar-refractivity contribution is 6.07. The summed E-state index contributed by atoms with van der Waals surface area (Å²) in [6.45, 7) is 17.8. The van der Waals surface area contributed by atoms with E-state index in [2.05, 4.69) is 38.2 Å². The van der Waals surface area contributed by atoms with Crippen molar-refractivity contribution in [2.45, 2.75) is 110 Å². The molecule has 2 unspecified atom stereocenters. The van der Waals surface area contributed by atoms with Crippen molar-refractivity contribution < 1.29 is 27.9 Å². The van der Waals surface area contributed by atoms with Crippen LogP contribution in [0.5, 0.6) is 5.75 Å². The first-order valence-electron chi connectivity index (χ1n) is 16.1. The van der Waals surface area contributed by atoms with E-state index in [-0.39, 0.29) is 40.5 Å². The summed E-state index contributed by atoms with van der Waals surface area (Å²) in [7, 11) is 0. The van der Waals surface area contributed by atoms with Crippen LogP contribution < -0.4 is 10.2 Å². The van der Waals surface area contributed by atoms with Crippen LogP contribution in [-0.2, 0) is 25.8 Å². The fraction of sp³-hybridized carbons (Fsp3) is 0.436. The van der Waals surface area contributed by atoms with Gasteiger partial charge < -0.3 is 10.4 Å². The van der Waals surface area contributed by atoms with E-state index in [1.54, 1.807) is 30.3 Å². The quantitative estimate of drug-likeness (QED) is 0.291. The van der Waals surface area contributed by atoms with Gasteiger partial charge in [-0.25, -0.2) is 0 Å². The van der Waals surface area contributed by atoms with Gasteiger partial charge in [-0.2, -0.15) is 13.2 Å². The molecule has 2 N–H and O–H groups in total. The molecule has 3 aromatic carbocycles. The van der Waals surface area contributed by atoms with Gasteiger partial charge in [0, 0.05) is 17.7 Å². The summed E-state index contributed by atoms with van der Waals surface area (Å²) < 4.78 is 43.6. The maximum absolute atomic E-state index is 14.5. The van der Waals surface area contributed by atoms with Gasteiger partial charge in [0.1, 0.15) is 5.75 Å². The van der Waals surface area contributed by atoms with Gasteiger partial charge in [-0.1, -0.05) is 98.7 Å². The van der Waals surface area contributed by atoms with Crippen LogP contribution in [0.25, 0.3) is 0 Å². The second-order valence-corrected chi connectivity index (χ2v) is 16.0. The predicted molar refractivity (Wildman–Crippen MR) is 181 cm³/mol. The molecule has 1 aliphatic heterocycles. The summed E-state index contributed by atoms with van der Waals surface area (Å²) in [6, 6.07) is 16.5. The lowest BCUT2D eigenvalue weighted by Crippen LogP contribution is -2.45. The van der Waals surface area contributed by atoms with E-state index < -0.39 is 29.0 Å². The molecule has 5 nitrogen and oxygen atoms in total. The molecular weight excluding hydrogens is 601 g/mol. The lowest BCUT2D eigenvalue weighted by atomic mass is 9.74. The van der Waals surface area contributed by atoms with Crippen LogP contribution in [0, 0.1) is 0 Å². The number of aromatic hydroxyl groups is 1. The zero-order chi connectivity index (χ0) is 34.9. The second kappa shape index (κ2) is 11.6. The zero-order valence-corrected chi connectivity index (χ0v) is 28.7. The Morgan fingerprint density at radius 1 is 0.787 bits per heavy atom. The highest BCUT2D eigenvalue weighted by atomic mass is 19.4. The van der Waals surface area contributed by atoms with Crippen molar-refractivity contribution in [3.8, 4) is 5.75 Å². The number of hydrogen-bond donors (Lipinski definition) is 2. The molecule has 1 aliphatic carbocycles. The molecule has 1 amide bonds. The fourth-order valence-corrected chi connectivity index (χ4v) is 6.71. The molecule has 0 bridgehead atoms. The van der Waals surface area contributed by atoms with Gasteiger partial charge >= 0.3 is 12.1 Å². The number of carbonyl (C=O) groups excluding carboxylic acids is 2. The predicted octanol–water partition coefficient (Wildman–Crippen LogP) is 9.75. The van der Waals surface area contributed by atoms with Crippen LogP contribution in [0.4, 0.5) is 24.5 Å². The minimum Gasteiger partial charge on any atom is -0.507 e. The first-order chi connectivity index (χ1) is 21.6. The van der Waals surface area contributed by atoms with Gasteiger partial charge in [0.15, 0.2) is 5.78 Å². The number of benzene rings is 3. The van der Waals surface area contributed by atoms with E-state index >= 15 is 0 Å². The van der Waals surface area contributed by atoms with E-state index in [0.29, 0.717) is 34.5 Å². The van der Waals surface area contributed by atoms with Crippen molar-refractivity contribution in [3.05, 3.63) is 99.8 Å². The number of Topliss-reactive ketones (excluding diaryl/α,β-unsaturated/α-hetero) is 1. The van der Waals surface area contributed by atoms with Crippen LogP contribution in [0.2, 0.25) is 0 Å². The van der Waals surface area contributed by atoms with Gasteiger partial charge in [0.25, 0.3) is 0 Å². The number of rotatable bonds is 2. The number of allylic oxidation sites excluding steroid dienone is 1. The highest BCUT2D eigenvalue weighted by Gasteiger charge is 2.50. The molecule has 2 atom stereocenters. The minimum atomic E-state index is -5.22. The van der Waals surface area contributed by atoms with Gasteiger partial charge in [0.2, 0.25) is 0 Å². The summed E-state index contributed by atoms with van der Waals surface area (Å²) in [5, 5.41) is 14.8. The number of para-hydroxylation sites is 2. The first kappa shape index (κ1) is 34.3. The molecule has 47 heavy (non-hydrogen) atoms. The van der Waals surface area contributed by atoms with Crippen LogP contribution in [-0.4, -0.2) is 23.0 Å². The molecule has 0 radical (unpaired) electrons. The van der Waals surface area contributed by atoms with Crippen LogP contribution in [0.1, 0.15) is 115 Å². The monoisotopic (exact) mass is 646 g/mol. The Morgan fingerprint density at radius 2 is 1.34 bits per heavy atom. The standard InChI is InChI=1S/C39H45F3N2O3/c1-36(2,3)25-16-14-22(15-17-25)23-20-29-32(31(45)21-23)33(24-18-26(37(4,5)6)34(46)27(19-24)38(7,8)9)44(35(47)39(40,41)42)30-13-11-10-12-28(30)43-29/h10-19,23,33,43,46H,20-21H2,1-9H3. The van der Waals surface area contributed by atoms with E-state index in [4.69, 9.17) is 0 Å². The van der Waals surface area contributed by atoms with Crippen molar-refractivity contribution in [3.63, 3.8) is 0 Å². The molecule has 1 heterocycles. The number of hydrogen-bond acceptors (Lipinski definition) is 4. The Balaban J connectivity index is 1.80. The Bertz CT molecular complexity index is 1720. The topological polar surface area (TPSA) is 69.6 Å². The maximum atomic E-state index is 14.5. The van der Waals surface area contributed by atoms with Crippen molar-refractivity contribution >= 4 is 23.1 Å². The zero-order valence-electron chi connectivity index (χ0n) is 28.7. The number of phenolic OH excluding ortho intramolecular Hbond substituents is 1. The summed E-state index contributed by atoms with van der Waals surface area (Å²) in [6.07, 6.45) is -4.78. The average Bonchev–Trinajstić information content (AvgIpc) is 3.09. The number of halogens is 3. The van der Waals surface area contributed by atoms with E-state index in [1.807, 2.05) is 53.7 Å². The van der Waals surface area contributed by atoms with Crippen molar-refractivity contribution in [1.82, 2.24) is 0 Å². The number of ketones is 1. The van der Waals surface area contributed by atoms with Crippen LogP contribution >= 0.6 is 0 Å². The number of carbonyl (C=O) groups is 2. The molecule has 0 saturated carbocycles. The third kappa shape index (κ3) is 6.56. The third-order valence-corrected chi connectivity index (χ3v) is 9.26. The van der Waals surface area contributed by atoms with E-state index in [1.165, 1.54) is 6.07 Å². The Morgan fingerprint density at radius 3 is 1.85 bits per heavy atom. The summed E-state index contributed by atoms with van der Waals surface area (Å²) in [4.78, 5) is 28.7. The third-order valence-electron chi connectivity index (χ3n) is 9.26. The van der Waals surface area contributed by atoms with Crippen LogP contribution in [0.15, 0.2) is 71.9 Å². The fourth-order valence-electron chi connectivity index (χ4n) is 6.71.